The zero-order valence-corrected chi connectivity index (χ0v) is 49.7. The average Bonchev–Trinajstić information content (AvgIpc) is 1.82. The number of carboxylic acid groups (broad SMARTS) is 1. The van der Waals surface area contributed by atoms with Gasteiger partial charge in [-0.25, -0.2) is 30.4 Å². The van der Waals surface area contributed by atoms with E-state index in [-0.39, 0.29) is 104 Å². The van der Waals surface area contributed by atoms with E-state index in [0.29, 0.717) is 82.8 Å². The third kappa shape index (κ3) is 15.3. The molecule has 31 heteroatoms. The van der Waals surface area contributed by atoms with Gasteiger partial charge in [-0.15, -0.1) is 0 Å². The molecule has 0 saturated carbocycles. The largest absolute Gasteiger partial charge is 0.478 e. The summed E-state index contributed by atoms with van der Waals surface area (Å²) >= 11 is 0. The number of aliphatic imine (C=N–C) groups is 2. The van der Waals surface area contributed by atoms with Crippen molar-refractivity contribution >= 4 is 79.4 Å². The number of nitrogens with one attached hydrogen (secondary N) is 5. The van der Waals surface area contributed by atoms with Gasteiger partial charge >= 0.3 is 18.3 Å². The van der Waals surface area contributed by atoms with Crippen molar-refractivity contribution in [3.8, 4) is 0 Å². The molecule has 0 atom stereocenters. The predicted molar refractivity (Wildman–Crippen MR) is 309 cm³/mol. The van der Waals surface area contributed by atoms with Gasteiger partial charge in [0.1, 0.15) is 34.4 Å². The first kappa shape index (κ1) is 66.7. The first-order valence-corrected chi connectivity index (χ1v) is 30.6. The SMILES string of the molecule is Cc1cc(C(=O)N2CCNC(=O)C2)cc(C)c1/C=C/S(=O)(=O)N1CCC2(CC1)N=C(c1ccc(F)c(C(F)(F)F)c1)NC2=O.Cc1cc(C(=O)O)cc(C)c1/C=C/S(=O)(=O)N1CCC2(CC1)N=C(c1ccc(F)c(C(F)(F)F)c1)NC2=O.O=C1CNCCN1. The molecule has 4 saturated heterocycles. The van der Waals surface area contributed by atoms with Crippen LogP contribution in [0.2, 0.25) is 0 Å². The molecule has 89 heavy (non-hydrogen) atoms. The van der Waals surface area contributed by atoms with Crippen LogP contribution in [0.3, 0.4) is 0 Å². The molecule has 5 amide bonds. The number of sulfonamides is 2. The Morgan fingerprint density at radius 1 is 0.573 bits per heavy atom. The van der Waals surface area contributed by atoms with Gasteiger partial charge in [0.05, 0.1) is 29.8 Å². The lowest BCUT2D eigenvalue weighted by molar-refractivity contribution is -0.140. The number of carbonyl (C=O) groups excluding carboxylic acids is 5. The Morgan fingerprint density at radius 3 is 1.33 bits per heavy atom. The molecule has 0 aromatic heterocycles. The van der Waals surface area contributed by atoms with Crippen molar-refractivity contribution in [2.75, 3.05) is 65.4 Å². The molecule has 21 nitrogen and oxygen atoms in total. The quantitative estimate of drug-likeness (QED) is 0.110. The lowest BCUT2D eigenvalue weighted by Crippen LogP contribution is -2.50. The van der Waals surface area contributed by atoms with Crippen LogP contribution in [0.4, 0.5) is 35.1 Å². The van der Waals surface area contributed by atoms with Gasteiger partial charge in [-0.3, -0.25) is 34.0 Å². The molecule has 0 bridgehead atoms. The summed E-state index contributed by atoms with van der Waals surface area (Å²) in [5.74, 6) is -5.81. The summed E-state index contributed by atoms with van der Waals surface area (Å²) in [5, 5.41) is 24.4. The zero-order chi connectivity index (χ0) is 65.2. The zero-order valence-electron chi connectivity index (χ0n) is 48.1. The van der Waals surface area contributed by atoms with Crippen LogP contribution in [-0.4, -0.2) is 159 Å². The van der Waals surface area contributed by atoms with Gasteiger partial charge in [-0.2, -0.15) is 35.0 Å². The van der Waals surface area contributed by atoms with E-state index in [2.05, 4.69) is 36.6 Å². The number of alkyl halides is 6. The molecule has 0 unspecified atom stereocenters. The molecule has 6 heterocycles. The van der Waals surface area contributed by atoms with Crippen molar-refractivity contribution in [3.63, 3.8) is 0 Å². The highest BCUT2D eigenvalue weighted by molar-refractivity contribution is 7.92. The van der Waals surface area contributed by atoms with E-state index in [1.54, 1.807) is 39.8 Å². The minimum Gasteiger partial charge on any atom is -0.478 e. The first-order chi connectivity index (χ1) is 41.6. The summed E-state index contributed by atoms with van der Waals surface area (Å²) in [6.45, 7) is 9.46. The van der Waals surface area contributed by atoms with E-state index in [4.69, 9.17) is 0 Å². The lowest BCUT2D eigenvalue weighted by Gasteiger charge is -2.34. The second-order valence-electron chi connectivity index (χ2n) is 21.7. The number of rotatable bonds is 10. The highest BCUT2D eigenvalue weighted by Crippen LogP contribution is 2.38. The van der Waals surface area contributed by atoms with E-state index in [1.165, 1.54) is 37.8 Å². The van der Waals surface area contributed by atoms with Gasteiger partial charge in [0.15, 0.2) is 0 Å². The maximum Gasteiger partial charge on any atom is 0.419 e. The minimum absolute atomic E-state index is 0.00586. The molecule has 4 aromatic carbocycles. The number of carbonyl (C=O) groups is 6. The number of amidine groups is 2. The molecular formula is C58H60F8N10O11S2. The third-order valence-corrected chi connectivity index (χ3v) is 18.7. The number of amides is 5. The molecule has 0 aliphatic carbocycles. The summed E-state index contributed by atoms with van der Waals surface area (Å²) in [6, 6.07) is 10.8. The van der Waals surface area contributed by atoms with E-state index < -0.39 is 84.0 Å². The van der Waals surface area contributed by atoms with Crippen molar-refractivity contribution in [1.29, 1.82) is 0 Å². The normalized spacial score (nSPS) is 19.0. The van der Waals surface area contributed by atoms with E-state index in [9.17, 15) is 85.8 Å². The Balaban J connectivity index is 0.000000209. The fourth-order valence-electron chi connectivity index (χ4n) is 10.7. The number of piperidine rings is 2. The highest BCUT2D eigenvalue weighted by atomic mass is 32.2. The minimum atomic E-state index is -4.93. The first-order valence-electron chi connectivity index (χ1n) is 27.5. The van der Waals surface area contributed by atoms with Crippen molar-refractivity contribution in [1.82, 2.24) is 40.1 Å². The van der Waals surface area contributed by atoms with Crippen molar-refractivity contribution in [2.45, 2.75) is 76.8 Å². The standard InChI is InChI=1S/C29H29F4N5O5S.C25H23F4N3O5S.C4H8N2O/c1-17-13-20(26(40)37-11-8-34-24(39)16-37)14-18(2)21(17)5-12-44(42,43)38-9-6-28(7-10-38)27(41)35-25(36-28)19-3-4-23(30)22(15-19)29(31,32)33;1-14-11-17(22(33)34)12-15(2)18(14)5-10-38(36,37)32-8-6-24(7-9-32)23(35)30-21(31-24)16-3-4-20(26)19(13-16)25(27,28)29;7-4-3-5-1-2-6-4/h3-5,12-15H,6-11,16H2,1-2H3,(H,34,39)(H,35,36,41);3-5,10-13H,6-9H2,1-2H3,(H,33,34)(H,30,31,35);5H,1-3H2,(H,6,7)/b12-5+;10-5+;. The van der Waals surface area contributed by atoms with Crippen LogP contribution in [0.5, 0.6) is 0 Å². The number of hydrogen-bond acceptors (Lipinski definition) is 13. The summed E-state index contributed by atoms with van der Waals surface area (Å²) in [6.07, 6.45) is -7.05. The molecule has 4 aromatic rings. The Kier molecular flexibility index (Phi) is 19.5. The fraction of sp³-hybridized carbons (Fsp3) is 0.379. The van der Waals surface area contributed by atoms with E-state index in [0.717, 1.165) is 36.0 Å². The smallest absolute Gasteiger partial charge is 0.419 e. The molecule has 476 valence electrons. The maximum absolute atomic E-state index is 13.7. The number of nitrogens with zero attached hydrogens (tertiary/aromatic N) is 5. The Labute approximate surface area is 505 Å². The van der Waals surface area contributed by atoms with Crippen LogP contribution >= 0.6 is 0 Å². The molecule has 6 N–H and O–H groups in total. The Morgan fingerprint density at radius 2 is 0.978 bits per heavy atom. The van der Waals surface area contributed by atoms with Gasteiger partial charge in [0.2, 0.25) is 31.9 Å². The van der Waals surface area contributed by atoms with Crippen molar-refractivity contribution in [3.05, 3.63) is 150 Å². The molecule has 6 aliphatic rings. The molecule has 4 fully saturated rings. The van der Waals surface area contributed by atoms with Crippen LogP contribution < -0.4 is 26.6 Å². The summed E-state index contributed by atoms with van der Waals surface area (Å²) in [4.78, 5) is 81.8. The molecule has 0 radical (unpaired) electrons. The van der Waals surface area contributed by atoms with Gasteiger partial charge in [0, 0.05) is 79.9 Å². The number of aromatic carboxylic acids is 1. The fourth-order valence-corrected chi connectivity index (χ4v) is 13.1. The molecule has 6 aliphatic heterocycles. The number of benzene rings is 4. The number of aryl methyl sites for hydroxylation is 4. The Bertz CT molecular complexity index is 3840. The number of halogens is 8. The molecule has 10 rings (SSSR count). The predicted octanol–water partition coefficient (Wildman–Crippen LogP) is 5.32. The van der Waals surface area contributed by atoms with Crippen molar-refractivity contribution < 1.29 is 85.8 Å². The Hall–Kier alpha value is -8.26. The third-order valence-electron chi connectivity index (χ3n) is 15.6. The number of piperazine rings is 2. The van der Waals surface area contributed by atoms with Gasteiger partial charge < -0.3 is 36.6 Å². The topological polar surface area (TPSA) is 286 Å². The van der Waals surface area contributed by atoms with E-state index in [1.807, 2.05) is 0 Å². The summed E-state index contributed by atoms with van der Waals surface area (Å²) in [7, 11) is -7.84. The number of carboxylic acids is 1. The monoisotopic (exact) mass is 1290 g/mol. The highest BCUT2D eigenvalue weighted by Gasteiger charge is 2.49. The maximum atomic E-state index is 13.7. The van der Waals surface area contributed by atoms with Crippen LogP contribution in [0, 0.1) is 39.3 Å². The molecule has 2 spiro atoms. The second-order valence-corrected chi connectivity index (χ2v) is 25.4. The molecular weight excluding hydrogens is 1230 g/mol. The average molecular weight is 1290 g/mol. The summed E-state index contributed by atoms with van der Waals surface area (Å²) < 4.78 is 161. The van der Waals surface area contributed by atoms with Crippen LogP contribution in [-0.2, 0) is 51.6 Å². The van der Waals surface area contributed by atoms with Crippen molar-refractivity contribution in [2.24, 2.45) is 9.98 Å². The summed E-state index contributed by atoms with van der Waals surface area (Å²) in [5.41, 5.74) is -1.74. The van der Waals surface area contributed by atoms with Gasteiger partial charge in [0.25, 0.3) is 17.7 Å². The van der Waals surface area contributed by atoms with Crippen LogP contribution in [0.25, 0.3) is 12.2 Å². The van der Waals surface area contributed by atoms with E-state index >= 15 is 0 Å². The number of hydrogen-bond donors (Lipinski definition) is 6. The van der Waals surface area contributed by atoms with Gasteiger partial charge in [-0.1, -0.05) is 0 Å². The second kappa shape index (κ2) is 26.1. The van der Waals surface area contributed by atoms with Gasteiger partial charge in [-0.05, 0) is 160 Å². The van der Waals surface area contributed by atoms with Crippen LogP contribution in [0.1, 0.15) is 102 Å². The van der Waals surface area contributed by atoms with Crippen LogP contribution in [0.15, 0.2) is 81.5 Å². The lowest BCUT2D eigenvalue weighted by atomic mass is 9.89.